The van der Waals surface area contributed by atoms with Crippen molar-refractivity contribution in [1.82, 2.24) is 5.32 Å². The number of carboxylic acids is 2. The van der Waals surface area contributed by atoms with Crippen LogP contribution in [0.25, 0.3) is 11.1 Å². The van der Waals surface area contributed by atoms with E-state index >= 15 is 0 Å². The summed E-state index contributed by atoms with van der Waals surface area (Å²) >= 11 is 0. The highest BCUT2D eigenvalue weighted by molar-refractivity contribution is 6.11. The van der Waals surface area contributed by atoms with Crippen LogP contribution in [0.3, 0.4) is 0 Å². The number of hydrogen-bond acceptors (Lipinski definition) is 5. The lowest BCUT2D eigenvalue weighted by molar-refractivity contribution is 0.0683. The minimum absolute atomic E-state index is 0.0660. The van der Waals surface area contributed by atoms with Gasteiger partial charge in [-0.1, -0.05) is 29.8 Å². The molecule has 0 radical (unpaired) electrons. The minimum atomic E-state index is -1.29. The van der Waals surface area contributed by atoms with Gasteiger partial charge in [0.25, 0.3) is 11.8 Å². The van der Waals surface area contributed by atoms with Crippen molar-refractivity contribution in [1.29, 1.82) is 0 Å². The average Bonchev–Trinajstić information content (AvgIpc) is 2.94. The highest BCUT2D eigenvalue weighted by atomic mass is 16.5. The van der Waals surface area contributed by atoms with Crippen LogP contribution in [-0.2, 0) is 0 Å². The number of hydrogen-bond donors (Lipinski definition) is 4. The SMILES string of the molecule is CNC(=O)c1cc(-c2ccc(C(=O)O)c(C(=O)Nc3ccc(Oc4ccc(C)cc4)cc3)c2)ccc1C(=O)O. The molecule has 0 heterocycles. The monoisotopic (exact) mass is 524 g/mol. The maximum Gasteiger partial charge on any atom is 0.336 e. The first-order chi connectivity index (χ1) is 18.7. The Balaban J connectivity index is 1.61. The molecule has 4 N–H and O–H groups in total. The Bertz CT molecular complexity index is 1580. The van der Waals surface area contributed by atoms with Gasteiger partial charge in [0.15, 0.2) is 0 Å². The van der Waals surface area contributed by atoms with Crippen molar-refractivity contribution in [2.45, 2.75) is 6.92 Å². The summed E-state index contributed by atoms with van der Waals surface area (Å²) in [5.41, 5.74) is 1.81. The van der Waals surface area contributed by atoms with Crippen molar-refractivity contribution < 1.29 is 34.1 Å². The molecule has 0 bridgehead atoms. The van der Waals surface area contributed by atoms with Gasteiger partial charge in [-0.3, -0.25) is 9.59 Å². The molecule has 0 fully saturated rings. The third-order valence-corrected chi connectivity index (χ3v) is 5.92. The normalized spacial score (nSPS) is 10.4. The van der Waals surface area contributed by atoms with Crippen LogP contribution in [0.1, 0.15) is 47.0 Å². The van der Waals surface area contributed by atoms with Crippen LogP contribution in [0.4, 0.5) is 5.69 Å². The molecule has 2 amide bonds. The zero-order chi connectivity index (χ0) is 28.1. The summed E-state index contributed by atoms with van der Waals surface area (Å²) in [4.78, 5) is 48.8. The maximum atomic E-state index is 13.1. The number of amides is 2. The van der Waals surface area contributed by atoms with E-state index in [4.69, 9.17) is 4.74 Å². The van der Waals surface area contributed by atoms with Gasteiger partial charge in [0.05, 0.1) is 22.3 Å². The number of benzene rings is 4. The Morgan fingerprint density at radius 2 is 1.08 bits per heavy atom. The highest BCUT2D eigenvalue weighted by Gasteiger charge is 2.20. The van der Waals surface area contributed by atoms with Crippen LogP contribution in [0.2, 0.25) is 0 Å². The summed E-state index contributed by atoms with van der Waals surface area (Å²) in [6.07, 6.45) is 0. The number of aryl methyl sites for hydroxylation is 1. The fraction of sp³-hybridized carbons (Fsp3) is 0.0667. The molecule has 0 aromatic heterocycles. The Morgan fingerprint density at radius 1 is 0.615 bits per heavy atom. The van der Waals surface area contributed by atoms with Gasteiger partial charge in [-0.15, -0.1) is 0 Å². The number of rotatable bonds is 8. The number of carbonyl (C=O) groups is 4. The minimum Gasteiger partial charge on any atom is -0.478 e. The number of carboxylic acid groups (broad SMARTS) is 2. The molecule has 0 aliphatic rings. The lowest BCUT2D eigenvalue weighted by atomic mass is 9.95. The first-order valence-electron chi connectivity index (χ1n) is 11.8. The predicted octanol–water partition coefficient (Wildman–Crippen LogP) is 5.46. The van der Waals surface area contributed by atoms with Crippen LogP contribution in [-0.4, -0.2) is 41.0 Å². The number of ether oxygens (including phenoxy) is 1. The van der Waals surface area contributed by atoms with Gasteiger partial charge in [0, 0.05) is 12.7 Å². The van der Waals surface area contributed by atoms with E-state index in [2.05, 4.69) is 10.6 Å². The lowest BCUT2D eigenvalue weighted by Crippen LogP contribution is -2.21. The van der Waals surface area contributed by atoms with Crippen LogP contribution >= 0.6 is 0 Å². The van der Waals surface area contributed by atoms with Gasteiger partial charge < -0.3 is 25.6 Å². The van der Waals surface area contributed by atoms with Crippen molar-refractivity contribution in [3.63, 3.8) is 0 Å². The summed E-state index contributed by atoms with van der Waals surface area (Å²) in [5, 5.41) is 24.2. The first-order valence-corrected chi connectivity index (χ1v) is 11.8. The third kappa shape index (κ3) is 6.11. The Labute approximate surface area is 223 Å². The van der Waals surface area contributed by atoms with E-state index < -0.39 is 23.8 Å². The molecule has 0 aliphatic heterocycles. The van der Waals surface area contributed by atoms with Crippen LogP contribution in [0.15, 0.2) is 84.9 Å². The van der Waals surface area contributed by atoms with E-state index in [0.29, 0.717) is 28.3 Å². The molecule has 9 heteroatoms. The number of aromatic carboxylic acids is 2. The van der Waals surface area contributed by atoms with Crippen LogP contribution < -0.4 is 15.4 Å². The van der Waals surface area contributed by atoms with Crippen molar-refractivity contribution in [3.8, 4) is 22.6 Å². The van der Waals surface area contributed by atoms with Gasteiger partial charge in [-0.05, 0) is 78.7 Å². The summed E-state index contributed by atoms with van der Waals surface area (Å²) < 4.78 is 5.80. The number of carbonyl (C=O) groups excluding carboxylic acids is 2. The van der Waals surface area contributed by atoms with Gasteiger partial charge in [0.1, 0.15) is 11.5 Å². The molecule has 4 aromatic carbocycles. The van der Waals surface area contributed by atoms with Crippen LogP contribution in [0.5, 0.6) is 11.5 Å². The molecule has 9 nitrogen and oxygen atoms in total. The van der Waals surface area contributed by atoms with Gasteiger partial charge in [0.2, 0.25) is 0 Å². The van der Waals surface area contributed by atoms with E-state index in [1.807, 2.05) is 31.2 Å². The second kappa shape index (κ2) is 11.3. The molecule has 196 valence electrons. The van der Waals surface area contributed by atoms with E-state index in [-0.39, 0.29) is 22.3 Å². The Kier molecular flexibility index (Phi) is 7.72. The van der Waals surface area contributed by atoms with Crippen molar-refractivity contribution in [3.05, 3.63) is 113 Å². The first kappa shape index (κ1) is 26.6. The van der Waals surface area contributed by atoms with E-state index in [1.54, 1.807) is 24.3 Å². The molecule has 4 rings (SSSR count). The van der Waals surface area contributed by atoms with Gasteiger partial charge in [-0.25, -0.2) is 9.59 Å². The smallest absolute Gasteiger partial charge is 0.336 e. The summed E-state index contributed by atoms with van der Waals surface area (Å²) in [7, 11) is 1.38. The Morgan fingerprint density at radius 3 is 1.54 bits per heavy atom. The predicted molar refractivity (Wildman–Crippen MR) is 145 cm³/mol. The molecule has 4 aromatic rings. The van der Waals surface area contributed by atoms with E-state index in [1.165, 1.54) is 43.4 Å². The largest absolute Gasteiger partial charge is 0.478 e. The number of anilines is 1. The Hall–Kier alpha value is -5.44. The molecule has 0 spiro atoms. The topological polar surface area (TPSA) is 142 Å². The summed E-state index contributed by atoms with van der Waals surface area (Å²) in [6, 6.07) is 22.5. The highest BCUT2D eigenvalue weighted by Crippen LogP contribution is 2.27. The van der Waals surface area contributed by atoms with Crippen molar-refractivity contribution in [2.75, 3.05) is 12.4 Å². The molecule has 0 atom stereocenters. The molecule has 0 aliphatic carbocycles. The van der Waals surface area contributed by atoms with Crippen molar-refractivity contribution in [2.24, 2.45) is 0 Å². The summed E-state index contributed by atoms with van der Waals surface area (Å²) in [6.45, 7) is 1.98. The van der Waals surface area contributed by atoms with Gasteiger partial charge >= 0.3 is 11.9 Å². The van der Waals surface area contributed by atoms with Crippen LogP contribution in [0, 0.1) is 6.92 Å². The lowest BCUT2D eigenvalue weighted by Gasteiger charge is -2.12. The molecule has 0 unspecified atom stereocenters. The zero-order valence-electron chi connectivity index (χ0n) is 21.0. The molecule has 39 heavy (non-hydrogen) atoms. The zero-order valence-corrected chi connectivity index (χ0v) is 21.0. The number of nitrogens with one attached hydrogen (secondary N) is 2. The van der Waals surface area contributed by atoms with Crippen molar-refractivity contribution >= 4 is 29.4 Å². The molecule has 0 saturated heterocycles. The summed E-state index contributed by atoms with van der Waals surface area (Å²) in [5.74, 6) is -2.59. The van der Waals surface area contributed by atoms with E-state index in [0.717, 1.165) is 5.56 Å². The maximum absolute atomic E-state index is 13.1. The molecular weight excluding hydrogens is 500 g/mol. The molecule has 0 saturated carbocycles. The fourth-order valence-electron chi connectivity index (χ4n) is 3.88. The second-order valence-corrected chi connectivity index (χ2v) is 8.60. The average molecular weight is 525 g/mol. The van der Waals surface area contributed by atoms with E-state index in [9.17, 15) is 29.4 Å². The third-order valence-electron chi connectivity index (χ3n) is 5.92. The molecular formula is C30H24N2O7. The second-order valence-electron chi connectivity index (χ2n) is 8.60. The quantitative estimate of drug-likeness (QED) is 0.240. The van der Waals surface area contributed by atoms with Gasteiger partial charge in [-0.2, -0.15) is 0 Å². The standard InChI is InChI=1S/C30H24N2O7/c1-17-3-9-21(10-4-17)39-22-11-7-20(8-12-22)32-28(34)26-16-19(6-14-24(26)30(37)38)18-5-13-23(29(35)36)25(15-18)27(33)31-2/h3-16H,1-2H3,(H,31,33)(H,32,34)(H,35,36)(H,37,38). The fourth-order valence-corrected chi connectivity index (χ4v) is 3.88.